The van der Waals surface area contributed by atoms with Crippen LogP contribution in [0, 0.1) is 0 Å². The summed E-state index contributed by atoms with van der Waals surface area (Å²) in [6.45, 7) is 2.22. The molecule has 0 spiro atoms. The van der Waals surface area contributed by atoms with Gasteiger partial charge in [-0.2, -0.15) is 0 Å². The number of rotatable bonds is 9. The molecule has 0 saturated carbocycles. The maximum Gasteiger partial charge on any atom is 0.251 e. The van der Waals surface area contributed by atoms with Crippen LogP contribution in [-0.2, 0) is 11.3 Å². The van der Waals surface area contributed by atoms with Crippen molar-refractivity contribution in [3.63, 3.8) is 0 Å². The van der Waals surface area contributed by atoms with Gasteiger partial charge in [0, 0.05) is 11.3 Å². The largest absolute Gasteiger partial charge is 0.342 e. The molecule has 0 aliphatic heterocycles. The molecule has 1 heterocycles. The van der Waals surface area contributed by atoms with Crippen LogP contribution >= 0.6 is 0 Å². The van der Waals surface area contributed by atoms with Gasteiger partial charge in [0.15, 0.2) is 0 Å². The lowest BCUT2D eigenvalue weighted by atomic mass is 10.1. The molecule has 0 aliphatic rings. The summed E-state index contributed by atoms with van der Waals surface area (Å²) in [6, 6.07) is 26.0. The molecule has 0 saturated heterocycles. The van der Waals surface area contributed by atoms with Gasteiger partial charge in [-0.05, 0) is 42.8 Å². The van der Waals surface area contributed by atoms with Crippen LogP contribution in [0.5, 0.6) is 0 Å². The highest BCUT2D eigenvalue weighted by Gasteiger charge is 2.23. The Hall–Kier alpha value is -3.93. The summed E-state index contributed by atoms with van der Waals surface area (Å²) in [6.07, 6.45) is 2.66. The molecule has 1 unspecified atom stereocenters. The number of carbonyl (C=O) groups is 2. The van der Waals surface area contributed by atoms with E-state index in [1.165, 1.54) is 0 Å². The van der Waals surface area contributed by atoms with E-state index in [0.29, 0.717) is 11.4 Å². The Balaban J connectivity index is 1.66. The SMILES string of the molecule is CCCCC(NC(=O)c1ccccc1)c1nc2ccccc2n1CC(=O)Nc1ccccc1. The third-order valence-electron chi connectivity index (χ3n) is 5.54. The van der Waals surface area contributed by atoms with Crippen molar-refractivity contribution in [2.45, 2.75) is 38.8 Å². The average Bonchev–Trinajstić information content (AvgIpc) is 3.21. The summed E-state index contributed by atoms with van der Waals surface area (Å²) in [4.78, 5) is 30.7. The van der Waals surface area contributed by atoms with Crippen LogP contribution in [0.15, 0.2) is 84.9 Å². The summed E-state index contributed by atoms with van der Waals surface area (Å²) >= 11 is 0. The fraction of sp³-hybridized carbons (Fsp3) is 0.222. The van der Waals surface area contributed by atoms with E-state index in [1.54, 1.807) is 12.1 Å². The zero-order valence-corrected chi connectivity index (χ0v) is 18.7. The molecular weight excluding hydrogens is 412 g/mol. The molecule has 33 heavy (non-hydrogen) atoms. The number of amides is 2. The molecule has 168 valence electrons. The molecule has 4 rings (SSSR count). The fourth-order valence-corrected chi connectivity index (χ4v) is 3.90. The van der Waals surface area contributed by atoms with Gasteiger partial charge in [0.1, 0.15) is 12.4 Å². The Morgan fingerprint density at radius 3 is 2.30 bits per heavy atom. The number of para-hydroxylation sites is 3. The van der Waals surface area contributed by atoms with E-state index in [1.807, 2.05) is 77.4 Å². The number of nitrogens with zero attached hydrogens (tertiary/aromatic N) is 2. The highest BCUT2D eigenvalue weighted by molar-refractivity contribution is 5.94. The Labute approximate surface area is 193 Å². The Morgan fingerprint density at radius 1 is 0.909 bits per heavy atom. The molecule has 0 fully saturated rings. The van der Waals surface area contributed by atoms with Gasteiger partial charge in [0.25, 0.3) is 5.91 Å². The molecule has 0 bridgehead atoms. The number of carbonyl (C=O) groups excluding carboxylic acids is 2. The van der Waals surface area contributed by atoms with Crippen molar-refractivity contribution in [3.8, 4) is 0 Å². The van der Waals surface area contributed by atoms with Crippen molar-refractivity contribution in [1.82, 2.24) is 14.9 Å². The molecule has 2 N–H and O–H groups in total. The van der Waals surface area contributed by atoms with E-state index in [9.17, 15) is 9.59 Å². The first-order chi connectivity index (χ1) is 16.2. The Bertz CT molecular complexity index is 1220. The second-order valence-electron chi connectivity index (χ2n) is 7.99. The maximum absolute atomic E-state index is 13.0. The molecule has 4 aromatic rings. The van der Waals surface area contributed by atoms with Crippen molar-refractivity contribution in [2.75, 3.05) is 5.32 Å². The average molecular weight is 441 g/mol. The van der Waals surface area contributed by atoms with E-state index in [0.717, 1.165) is 36.0 Å². The van der Waals surface area contributed by atoms with Crippen LogP contribution in [0.4, 0.5) is 5.69 Å². The van der Waals surface area contributed by atoms with Gasteiger partial charge in [-0.25, -0.2) is 4.98 Å². The number of imidazole rings is 1. The van der Waals surface area contributed by atoms with Crippen molar-refractivity contribution in [1.29, 1.82) is 0 Å². The minimum absolute atomic E-state index is 0.106. The quantitative estimate of drug-likeness (QED) is 0.369. The topological polar surface area (TPSA) is 76.0 Å². The predicted molar refractivity (Wildman–Crippen MR) is 131 cm³/mol. The third-order valence-corrected chi connectivity index (χ3v) is 5.54. The number of unbranched alkanes of at least 4 members (excludes halogenated alkanes) is 1. The van der Waals surface area contributed by atoms with E-state index >= 15 is 0 Å². The molecule has 1 aromatic heterocycles. The van der Waals surface area contributed by atoms with E-state index in [4.69, 9.17) is 4.98 Å². The smallest absolute Gasteiger partial charge is 0.251 e. The summed E-state index contributed by atoms with van der Waals surface area (Å²) < 4.78 is 1.92. The second-order valence-corrected chi connectivity index (χ2v) is 7.99. The Morgan fingerprint density at radius 2 is 1.58 bits per heavy atom. The summed E-state index contributed by atoms with van der Waals surface area (Å²) in [5.41, 5.74) is 3.01. The van der Waals surface area contributed by atoms with Crippen LogP contribution in [0.25, 0.3) is 11.0 Å². The fourth-order valence-electron chi connectivity index (χ4n) is 3.90. The number of hydrogen-bond acceptors (Lipinski definition) is 3. The van der Waals surface area contributed by atoms with Crippen molar-refractivity contribution in [2.24, 2.45) is 0 Å². The van der Waals surface area contributed by atoms with Crippen LogP contribution in [0.3, 0.4) is 0 Å². The number of hydrogen-bond donors (Lipinski definition) is 2. The monoisotopic (exact) mass is 440 g/mol. The number of benzene rings is 3. The lowest BCUT2D eigenvalue weighted by Crippen LogP contribution is -2.31. The van der Waals surface area contributed by atoms with Gasteiger partial charge in [-0.3, -0.25) is 9.59 Å². The van der Waals surface area contributed by atoms with Gasteiger partial charge in [0.2, 0.25) is 5.91 Å². The number of anilines is 1. The highest BCUT2D eigenvalue weighted by Crippen LogP contribution is 2.25. The first-order valence-electron chi connectivity index (χ1n) is 11.3. The van der Waals surface area contributed by atoms with Crippen LogP contribution in [0.1, 0.15) is 48.4 Å². The van der Waals surface area contributed by atoms with Crippen LogP contribution < -0.4 is 10.6 Å². The minimum atomic E-state index is -0.311. The molecule has 0 radical (unpaired) electrons. The Kier molecular flexibility index (Phi) is 7.15. The first-order valence-corrected chi connectivity index (χ1v) is 11.3. The van der Waals surface area contributed by atoms with Crippen molar-refractivity contribution >= 4 is 28.5 Å². The molecule has 1 atom stereocenters. The van der Waals surface area contributed by atoms with Gasteiger partial charge in [0.05, 0.1) is 17.1 Å². The molecule has 2 amide bonds. The number of aromatic nitrogens is 2. The van der Waals surface area contributed by atoms with Crippen molar-refractivity contribution in [3.05, 3.63) is 96.3 Å². The number of nitrogens with one attached hydrogen (secondary N) is 2. The molecule has 6 heteroatoms. The zero-order valence-electron chi connectivity index (χ0n) is 18.7. The van der Waals surface area contributed by atoms with E-state index in [2.05, 4.69) is 17.6 Å². The zero-order chi connectivity index (χ0) is 23.0. The normalized spacial score (nSPS) is 11.8. The molecule has 6 nitrogen and oxygen atoms in total. The molecule has 0 aliphatic carbocycles. The maximum atomic E-state index is 13.0. The lowest BCUT2D eigenvalue weighted by Gasteiger charge is -2.20. The lowest BCUT2D eigenvalue weighted by molar-refractivity contribution is -0.116. The van der Waals surface area contributed by atoms with Gasteiger partial charge < -0.3 is 15.2 Å². The van der Waals surface area contributed by atoms with Crippen LogP contribution in [0.2, 0.25) is 0 Å². The van der Waals surface area contributed by atoms with E-state index in [-0.39, 0.29) is 24.4 Å². The highest BCUT2D eigenvalue weighted by atomic mass is 16.2. The molecular formula is C27H28N4O2. The van der Waals surface area contributed by atoms with Gasteiger partial charge in [-0.15, -0.1) is 0 Å². The summed E-state index contributed by atoms with van der Waals surface area (Å²) in [5.74, 6) is 0.399. The number of fused-ring (bicyclic) bond motifs is 1. The predicted octanol–water partition coefficient (Wildman–Crippen LogP) is 5.34. The molecule has 3 aromatic carbocycles. The van der Waals surface area contributed by atoms with Crippen LogP contribution in [-0.4, -0.2) is 21.4 Å². The van der Waals surface area contributed by atoms with E-state index < -0.39 is 0 Å². The first kappa shape index (κ1) is 22.3. The third kappa shape index (κ3) is 5.47. The standard InChI is InChI=1S/C27H28N4O2/c1-2-3-16-23(30-27(33)20-12-6-4-7-13-20)26-29-22-17-10-11-18-24(22)31(26)19-25(32)28-21-14-8-5-9-15-21/h4-15,17-18,23H,2-3,16,19H2,1H3,(H,28,32)(H,30,33). The van der Waals surface area contributed by atoms with Crippen molar-refractivity contribution < 1.29 is 9.59 Å². The summed E-state index contributed by atoms with van der Waals surface area (Å²) in [7, 11) is 0. The summed E-state index contributed by atoms with van der Waals surface area (Å²) in [5, 5.41) is 6.10. The minimum Gasteiger partial charge on any atom is -0.342 e. The second kappa shape index (κ2) is 10.6. The van der Waals surface area contributed by atoms with Gasteiger partial charge >= 0.3 is 0 Å². The van der Waals surface area contributed by atoms with Gasteiger partial charge in [-0.1, -0.05) is 68.3 Å².